The van der Waals surface area contributed by atoms with Crippen LogP contribution in [0, 0.1) is 0 Å². The number of carbonyl (C=O) groups is 2. The van der Waals surface area contributed by atoms with Crippen LogP contribution in [0.2, 0.25) is 0 Å². The van der Waals surface area contributed by atoms with E-state index in [1.807, 2.05) is 0 Å². The minimum absolute atomic E-state index is 0.0607. The zero-order chi connectivity index (χ0) is 14.7. The van der Waals surface area contributed by atoms with E-state index < -0.39 is 5.97 Å². The predicted octanol–water partition coefficient (Wildman–Crippen LogP) is 1.05. The largest absolute Gasteiger partial charge is 0.482 e. The number of anilines is 1. The lowest BCUT2D eigenvalue weighted by Gasteiger charge is -2.17. The van der Waals surface area contributed by atoms with E-state index >= 15 is 0 Å². The van der Waals surface area contributed by atoms with Crippen molar-refractivity contribution in [2.24, 2.45) is 0 Å². The molecule has 1 saturated carbocycles. The number of nitrogen functional groups attached to an aromatic ring is 1. The van der Waals surface area contributed by atoms with Gasteiger partial charge in [-0.3, -0.25) is 4.79 Å². The van der Waals surface area contributed by atoms with Crippen molar-refractivity contribution in [1.82, 2.24) is 4.90 Å². The molecule has 6 heteroatoms. The summed E-state index contributed by atoms with van der Waals surface area (Å²) in [4.78, 5) is 24.8. The topological polar surface area (TPSA) is 81.9 Å². The molecule has 0 bridgehead atoms. The van der Waals surface area contributed by atoms with Crippen molar-refractivity contribution in [3.63, 3.8) is 0 Å². The van der Waals surface area contributed by atoms with Gasteiger partial charge in [-0.25, -0.2) is 4.79 Å². The van der Waals surface area contributed by atoms with Gasteiger partial charge in [0.2, 0.25) is 0 Å². The third-order valence-electron chi connectivity index (χ3n) is 3.27. The molecule has 0 aromatic heterocycles. The molecule has 2 rings (SSSR count). The van der Waals surface area contributed by atoms with Gasteiger partial charge >= 0.3 is 5.97 Å². The van der Waals surface area contributed by atoms with Gasteiger partial charge in [0.05, 0.1) is 18.4 Å². The molecular formula is C14H18N2O4. The summed E-state index contributed by atoms with van der Waals surface area (Å²) < 4.78 is 10.00. The summed E-state index contributed by atoms with van der Waals surface area (Å²) in [7, 11) is 3.07. The molecule has 1 aromatic rings. The molecule has 6 nitrogen and oxygen atoms in total. The van der Waals surface area contributed by atoms with E-state index in [1.54, 1.807) is 24.1 Å². The first-order valence-corrected chi connectivity index (χ1v) is 6.39. The molecule has 0 atom stereocenters. The third kappa shape index (κ3) is 3.20. The first-order chi connectivity index (χ1) is 9.52. The quantitative estimate of drug-likeness (QED) is 0.643. The summed E-state index contributed by atoms with van der Waals surface area (Å²) in [6.45, 7) is -0.0607. The van der Waals surface area contributed by atoms with Crippen LogP contribution in [0.25, 0.3) is 0 Å². The van der Waals surface area contributed by atoms with E-state index in [0.29, 0.717) is 23.0 Å². The molecule has 20 heavy (non-hydrogen) atoms. The van der Waals surface area contributed by atoms with E-state index in [-0.39, 0.29) is 12.5 Å². The number of carbonyl (C=O) groups excluding carboxylic acids is 2. The summed E-state index contributed by atoms with van der Waals surface area (Å²) >= 11 is 0. The van der Waals surface area contributed by atoms with Crippen LogP contribution in [-0.2, 0) is 9.53 Å². The van der Waals surface area contributed by atoms with E-state index in [2.05, 4.69) is 4.74 Å². The highest BCUT2D eigenvalue weighted by atomic mass is 16.5. The van der Waals surface area contributed by atoms with Crippen LogP contribution in [0.5, 0.6) is 5.75 Å². The van der Waals surface area contributed by atoms with Gasteiger partial charge in [-0.2, -0.15) is 0 Å². The number of ether oxygens (including phenoxy) is 2. The molecule has 0 saturated heterocycles. The number of methoxy groups -OCH3 is 1. The minimum Gasteiger partial charge on any atom is -0.482 e. The Labute approximate surface area is 117 Å². The number of esters is 1. The van der Waals surface area contributed by atoms with Crippen molar-refractivity contribution in [3.05, 3.63) is 23.8 Å². The lowest BCUT2D eigenvalue weighted by Crippen LogP contribution is -2.33. The Balaban J connectivity index is 1.95. The number of hydrogen-bond donors (Lipinski definition) is 1. The Hall–Kier alpha value is -2.24. The normalized spacial score (nSPS) is 13.7. The zero-order valence-corrected chi connectivity index (χ0v) is 11.6. The highest BCUT2D eigenvalue weighted by Crippen LogP contribution is 2.26. The maximum absolute atomic E-state index is 11.8. The van der Waals surface area contributed by atoms with Gasteiger partial charge in [-0.05, 0) is 31.0 Å². The molecule has 0 spiro atoms. The van der Waals surface area contributed by atoms with Crippen molar-refractivity contribution in [1.29, 1.82) is 0 Å². The second-order valence-corrected chi connectivity index (χ2v) is 4.77. The van der Waals surface area contributed by atoms with Gasteiger partial charge < -0.3 is 20.1 Å². The smallest absolute Gasteiger partial charge is 0.337 e. The third-order valence-corrected chi connectivity index (χ3v) is 3.27. The van der Waals surface area contributed by atoms with Crippen LogP contribution in [-0.4, -0.2) is 43.6 Å². The molecule has 2 N–H and O–H groups in total. The molecule has 0 aliphatic heterocycles. The van der Waals surface area contributed by atoms with Crippen LogP contribution >= 0.6 is 0 Å². The van der Waals surface area contributed by atoms with Crippen LogP contribution < -0.4 is 10.5 Å². The molecule has 108 valence electrons. The second kappa shape index (κ2) is 5.81. The van der Waals surface area contributed by atoms with E-state index in [1.165, 1.54) is 13.2 Å². The van der Waals surface area contributed by atoms with E-state index in [9.17, 15) is 9.59 Å². The van der Waals surface area contributed by atoms with Crippen molar-refractivity contribution in [3.8, 4) is 5.75 Å². The number of amides is 1. The Kier molecular flexibility index (Phi) is 4.12. The number of likely N-dealkylation sites (N-methyl/N-ethyl adjacent to an activating group) is 1. The molecule has 0 radical (unpaired) electrons. The van der Waals surface area contributed by atoms with Gasteiger partial charge in [-0.15, -0.1) is 0 Å². The summed E-state index contributed by atoms with van der Waals surface area (Å²) in [6, 6.07) is 4.93. The number of nitrogens with two attached hydrogens (primary N) is 1. The fourth-order valence-corrected chi connectivity index (χ4v) is 1.83. The average Bonchev–Trinajstić information content (AvgIpc) is 3.28. The van der Waals surface area contributed by atoms with Gasteiger partial charge in [0.1, 0.15) is 5.75 Å². The first kappa shape index (κ1) is 14.2. The Morgan fingerprint density at radius 3 is 2.65 bits per heavy atom. The first-order valence-electron chi connectivity index (χ1n) is 6.39. The van der Waals surface area contributed by atoms with Crippen LogP contribution in [0.15, 0.2) is 18.2 Å². The molecule has 0 unspecified atom stereocenters. The SMILES string of the molecule is COC(=O)c1ccc(OCC(=O)N(C)C2CC2)c(N)c1. The molecule has 1 amide bonds. The zero-order valence-electron chi connectivity index (χ0n) is 11.6. The highest BCUT2D eigenvalue weighted by molar-refractivity contribution is 5.91. The maximum atomic E-state index is 11.8. The average molecular weight is 278 g/mol. The number of hydrogen-bond acceptors (Lipinski definition) is 5. The minimum atomic E-state index is -0.465. The lowest BCUT2D eigenvalue weighted by atomic mass is 10.2. The molecule has 1 fully saturated rings. The monoisotopic (exact) mass is 278 g/mol. The Morgan fingerprint density at radius 1 is 1.40 bits per heavy atom. The molecule has 1 aliphatic carbocycles. The van der Waals surface area contributed by atoms with Gasteiger partial charge in [0.15, 0.2) is 6.61 Å². The van der Waals surface area contributed by atoms with Gasteiger partial charge in [0, 0.05) is 13.1 Å². The van der Waals surface area contributed by atoms with Gasteiger partial charge in [-0.1, -0.05) is 0 Å². The summed E-state index contributed by atoms with van der Waals surface area (Å²) in [5, 5.41) is 0. The maximum Gasteiger partial charge on any atom is 0.337 e. The summed E-state index contributed by atoms with van der Waals surface area (Å²) in [6.07, 6.45) is 2.11. The fourth-order valence-electron chi connectivity index (χ4n) is 1.83. The van der Waals surface area contributed by atoms with Crippen LogP contribution in [0.4, 0.5) is 5.69 Å². The Morgan fingerprint density at radius 2 is 2.10 bits per heavy atom. The summed E-state index contributed by atoms with van der Waals surface area (Å²) in [5.74, 6) is -0.160. The van der Waals surface area contributed by atoms with Crippen molar-refractivity contribution >= 4 is 17.6 Å². The van der Waals surface area contributed by atoms with Crippen LogP contribution in [0.3, 0.4) is 0 Å². The molecule has 1 aromatic carbocycles. The van der Waals surface area contributed by atoms with Crippen molar-refractivity contribution in [2.75, 3.05) is 26.5 Å². The fraction of sp³-hybridized carbons (Fsp3) is 0.429. The standard InChI is InChI=1S/C14H18N2O4/c1-16(10-4-5-10)13(17)8-20-12-6-3-9(7-11(12)15)14(18)19-2/h3,6-7,10H,4-5,8,15H2,1-2H3. The van der Waals surface area contributed by atoms with Gasteiger partial charge in [0.25, 0.3) is 5.91 Å². The number of rotatable bonds is 5. The highest BCUT2D eigenvalue weighted by Gasteiger charge is 2.29. The second-order valence-electron chi connectivity index (χ2n) is 4.77. The summed E-state index contributed by atoms with van der Waals surface area (Å²) in [5.41, 5.74) is 6.44. The molecule has 0 heterocycles. The number of nitrogens with zero attached hydrogens (tertiary/aromatic N) is 1. The molecular weight excluding hydrogens is 260 g/mol. The lowest BCUT2D eigenvalue weighted by molar-refractivity contribution is -0.132. The van der Waals surface area contributed by atoms with E-state index in [4.69, 9.17) is 10.5 Å². The number of benzene rings is 1. The molecule has 1 aliphatic rings. The van der Waals surface area contributed by atoms with Crippen LogP contribution in [0.1, 0.15) is 23.2 Å². The predicted molar refractivity (Wildman–Crippen MR) is 73.5 cm³/mol. The van der Waals surface area contributed by atoms with E-state index in [0.717, 1.165) is 12.8 Å². The van der Waals surface area contributed by atoms with Crippen molar-refractivity contribution < 1.29 is 19.1 Å². The Bertz CT molecular complexity index is 526. The van der Waals surface area contributed by atoms with Crippen molar-refractivity contribution in [2.45, 2.75) is 18.9 Å².